The monoisotopic (exact) mass is 260 g/mol. The van der Waals surface area contributed by atoms with Crippen molar-refractivity contribution in [3.05, 3.63) is 0 Å². The minimum Gasteiger partial charge on any atom is -0.734 e. The average Bonchev–Trinajstić information content (AvgIpc) is 1.70. The van der Waals surface area contributed by atoms with E-state index in [4.69, 9.17) is 31.5 Å². The smallest absolute Gasteiger partial charge is 0.734 e. The van der Waals surface area contributed by atoms with Gasteiger partial charge in [0.25, 0.3) is 0 Å². The van der Waals surface area contributed by atoms with Crippen LogP contribution in [0.4, 0.5) is 0 Å². The molecule has 0 saturated carbocycles. The summed E-state index contributed by atoms with van der Waals surface area (Å²) < 4.78 is 0. The van der Waals surface area contributed by atoms with Crippen LogP contribution in [0, 0.1) is 0 Å². The fraction of sp³-hybridized carbons (Fsp3) is 0. The van der Waals surface area contributed by atoms with Crippen molar-refractivity contribution in [3.8, 4) is 0 Å². The van der Waals surface area contributed by atoms with Gasteiger partial charge in [-0.15, -0.1) is 0 Å². The Kier molecular flexibility index (Phi) is 203. The third-order valence-electron chi connectivity index (χ3n) is 0. The minimum atomic E-state index is 0. The molecule has 74 valence electrons. The summed E-state index contributed by atoms with van der Waals surface area (Å²) in [5.41, 5.74) is 0. The van der Waals surface area contributed by atoms with E-state index < -0.39 is 0 Å². The molecule has 0 aliphatic heterocycles. The van der Waals surface area contributed by atoms with Crippen molar-refractivity contribution in [1.29, 1.82) is 0 Å². The summed E-state index contributed by atoms with van der Waals surface area (Å²) in [5.74, 6) is 0. The average molecular weight is 261 g/mol. The second kappa shape index (κ2) is 74.9. The molecule has 0 rings (SSSR count). The molecule has 0 saturated heterocycles. The van der Waals surface area contributed by atoms with Gasteiger partial charge in [-0.2, -0.15) is 0 Å². The molecular formula is Ni2O9. The van der Waals surface area contributed by atoms with Crippen molar-refractivity contribution in [1.82, 2.24) is 0 Å². The summed E-state index contributed by atoms with van der Waals surface area (Å²) in [5, 5.41) is 52.5. The van der Waals surface area contributed by atoms with E-state index in [0.29, 0.717) is 0 Å². The molecule has 0 aliphatic carbocycles. The Hall–Kier alpha value is 0.627. The Labute approximate surface area is 80.2 Å². The summed E-state index contributed by atoms with van der Waals surface area (Å²) in [6, 6.07) is 0. The molecule has 0 aromatic heterocycles. The van der Waals surface area contributed by atoms with Crippen molar-refractivity contribution in [2.45, 2.75) is 0 Å². The van der Waals surface area contributed by atoms with Gasteiger partial charge in [0.15, 0.2) is 0 Å². The van der Waals surface area contributed by atoms with E-state index in [9.17, 15) is 0 Å². The Morgan fingerprint density at radius 3 is 0.455 bits per heavy atom. The van der Waals surface area contributed by atoms with Gasteiger partial charge in [0.05, 0.1) is 0 Å². The van der Waals surface area contributed by atoms with Crippen LogP contribution in [0.15, 0.2) is 0 Å². The molecule has 0 heterocycles. The molecule has 0 fully saturated rings. The number of rotatable bonds is 0. The molecule has 0 aromatic rings. The summed E-state index contributed by atoms with van der Waals surface area (Å²) in [6.45, 7) is 0. The van der Waals surface area contributed by atoms with E-state index in [0.717, 1.165) is 0 Å². The Morgan fingerprint density at radius 2 is 0.455 bits per heavy atom. The first-order valence-electron chi connectivity index (χ1n) is 1.00. The molecular weight excluding hydrogens is 261 g/mol. The molecule has 0 amide bonds. The van der Waals surface area contributed by atoms with Gasteiger partial charge >= 0.3 is 33.0 Å². The fourth-order valence-corrected chi connectivity index (χ4v) is 0. The molecule has 0 N–H and O–H groups in total. The van der Waals surface area contributed by atoms with E-state index in [1.54, 1.807) is 15.1 Å². The van der Waals surface area contributed by atoms with Crippen molar-refractivity contribution in [2.75, 3.05) is 0 Å². The maximum atomic E-state index is 7.88. The van der Waals surface area contributed by atoms with Crippen LogP contribution in [-0.2, 0) is 48.1 Å². The topological polar surface area (TPSA) is 166 Å². The molecule has 0 bridgehead atoms. The van der Waals surface area contributed by atoms with Gasteiger partial charge in [0.1, 0.15) is 0 Å². The van der Waals surface area contributed by atoms with Crippen molar-refractivity contribution in [2.24, 2.45) is 0 Å². The van der Waals surface area contributed by atoms with E-state index >= 15 is 0 Å². The first-order chi connectivity index (χ1) is 4.24. The van der Waals surface area contributed by atoms with Gasteiger partial charge in [-0.25, -0.2) is 0 Å². The van der Waals surface area contributed by atoms with E-state index in [1.165, 1.54) is 0 Å². The van der Waals surface area contributed by atoms with E-state index in [-0.39, 0.29) is 33.0 Å². The second-order valence-corrected chi connectivity index (χ2v) is 0.204. The van der Waals surface area contributed by atoms with Gasteiger partial charge in [-0.1, -0.05) is 0 Å². The zero-order valence-corrected chi connectivity index (χ0v) is 6.28. The molecule has 2 radical (unpaired) electrons. The van der Waals surface area contributed by atoms with E-state index in [2.05, 4.69) is 0 Å². The Morgan fingerprint density at radius 1 is 0.455 bits per heavy atom. The third-order valence-corrected chi connectivity index (χ3v) is 0. The maximum Gasteiger partial charge on any atom is 3.00 e. The van der Waals surface area contributed by atoms with Gasteiger partial charge in [0.2, 0.25) is 0 Å². The van der Waals surface area contributed by atoms with Crippen molar-refractivity contribution in [3.63, 3.8) is 0 Å². The van der Waals surface area contributed by atoms with E-state index in [1.807, 2.05) is 0 Å². The Balaban J connectivity index is -0.0000000150. The molecule has 11 heavy (non-hydrogen) atoms. The SMILES string of the molecule is [Ni+3].[Ni+3].[O-]O[O-].[O-]O[O-].[O-]O[O-]. The van der Waals surface area contributed by atoms with Gasteiger partial charge in [-0.3, -0.25) is 0 Å². The maximum absolute atomic E-state index is 7.88. The zero-order chi connectivity index (χ0) is 8.12. The molecule has 0 spiro atoms. The summed E-state index contributed by atoms with van der Waals surface area (Å²) in [6.07, 6.45) is 0. The van der Waals surface area contributed by atoms with Crippen LogP contribution in [0.2, 0.25) is 0 Å². The van der Waals surface area contributed by atoms with Crippen LogP contribution in [0.25, 0.3) is 0 Å². The third kappa shape index (κ3) is 2010. The first-order valence-corrected chi connectivity index (χ1v) is 1.00. The molecule has 0 atom stereocenters. The van der Waals surface area contributed by atoms with Crippen LogP contribution in [-0.4, -0.2) is 0 Å². The van der Waals surface area contributed by atoms with Crippen LogP contribution in [0.3, 0.4) is 0 Å². The Bertz CT molecular complexity index is 12.3. The predicted octanol–water partition coefficient (Wildman–Crippen LogP) is -7.34. The van der Waals surface area contributed by atoms with Gasteiger partial charge in [-0.05, 0) is 0 Å². The van der Waals surface area contributed by atoms with Crippen molar-refractivity contribution < 1.29 is 79.6 Å². The standard InChI is InChI=1S/2Ni.3H2O3/c;;3*1-3-2/h;;3*1-2H/q2*+3;;;/p-6. The second-order valence-electron chi connectivity index (χ2n) is 0.204. The van der Waals surface area contributed by atoms with Crippen LogP contribution in [0.5, 0.6) is 0 Å². The zero-order valence-electron chi connectivity index (χ0n) is 4.31. The summed E-state index contributed by atoms with van der Waals surface area (Å²) in [4.78, 5) is 0. The fourth-order valence-electron chi connectivity index (χ4n) is 0. The van der Waals surface area contributed by atoms with Crippen LogP contribution >= 0.6 is 0 Å². The van der Waals surface area contributed by atoms with Crippen LogP contribution < -0.4 is 31.5 Å². The summed E-state index contributed by atoms with van der Waals surface area (Å²) in [7, 11) is 0. The van der Waals surface area contributed by atoms with Crippen LogP contribution in [0.1, 0.15) is 0 Å². The molecule has 0 aliphatic rings. The largest absolute Gasteiger partial charge is 3.00 e. The molecule has 9 nitrogen and oxygen atoms in total. The molecule has 11 heteroatoms. The minimum absolute atomic E-state index is 0. The number of hydrogen-bond acceptors (Lipinski definition) is 9. The quantitative estimate of drug-likeness (QED) is 0.234. The van der Waals surface area contributed by atoms with Crippen molar-refractivity contribution >= 4 is 0 Å². The molecule has 0 unspecified atom stereocenters. The van der Waals surface area contributed by atoms with Gasteiger partial charge < -0.3 is 46.7 Å². The van der Waals surface area contributed by atoms with Gasteiger partial charge in [0, 0.05) is 0 Å². The predicted molar refractivity (Wildman–Crippen MR) is 3.25 cm³/mol. The molecule has 0 aromatic carbocycles. The normalized spacial score (nSPS) is 4.91. The summed E-state index contributed by atoms with van der Waals surface area (Å²) >= 11 is 0. The first kappa shape index (κ1) is 29.9. The number of hydrogen-bond donors (Lipinski definition) is 0.